The number of piperidine rings is 1. The highest BCUT2D eigenvalue weighted by Crippen LogP contribution is 2.26. The lowest BCUT2D eigenvalue weighted by molar-refractivity contribution is -0.116. The summed E-state index contributed by atoms with van der Waals surface area (Å²) in [5.41, 5.74) is 2.56. The minimum Gasteiger partial charge on any atom is -0.492 e. The maximum absolute atomic E-state index is 12.8. The van der Waals surface area contributed by atoms with Gasteiger partial charge in [0.2, 0.25) is 5.91 Å². The van der Waals surface area contributed by atoms with Crippen molar-refractivity contribution < 1.29 is 14.3 Å². The number of ether oxygens (including phenoxy) is 1. The molecule has 2 aliphatic heterocycles. The molecule has 7 nitrogen and oxygen atoms in total. The Morgan fingerprint density at radius 3 is 2.90 bits per heavy atom. The first-order chi connectivity index (χ1) is 14.2. The van der Waals surface area contributed by atoms with Gasteiger partial charge < -0.3 is 20.3 Å². The molecule has 2 amide bonds. The van der Waals surface area contributed by atoms with Gasteiger partial charge in [0.05, 0.1) is 12.1 Å². The van der Waals surface area contributed by atoms with Crippen LogP contribution in [0.25, 0.3) is 0 Å². The van der Waals surface area contributed by atoms with Crippen LogP contribution in [0.1, 0.15) is 41.6 Å². The van der Waals surface area contributed by atoms with Crippen molar-refractivity contribution in [2.45, 2.75) is 32.1 Å². The molecule has 29 heavy (non-hydrogen) atoms. The molecular weight excluding hydrogens is 368 g/mol. The molecule has 1 aromatic heterocycles. The molecule has 1 fully saturated rings. The number of rotatable bonds is 6. The zero-order valence-electron chi connectivity index (χ0n) is 16.4. The Kier molecular flexibility index (Phi) is 5.93. The molecular formula is C22H26N4O3. The van der Waals surface area contributed by atoms with E-state index in [0.717, 1.165) is 49.4 Å². The van der Waals surface area contributed by atoms with Crippen LogP contribution in [0.15, 0.2) is 36.5 Å². The van der Waals surface area contributed by atoms with E-state index in [1.807, 2.05) is 29.2 Å². The summed E-state index contributed by atoms with van der Waals surface area (Å²) in [6.07, 6.45) is 6.24. The van der Waals surface area contributed by atoms with Gasteiger partial charge in [-0.1, -0.05) is 0 Å². The van der Waals surface area contributed by atoms with Gasteiger partial charge in [-0.05, 0) is 61.6 Å². The summed E-state index contributed by atoms with van der Waals surface area (Å²) >= 11 is 0. The number of amides is 2. The second kappa shape index (κ2) is 8.94. The van der Waals surface area contributed by atoms with Gasteiger partial charge in [0, 0.05) is 31.4 Å². The first kappa shape index (κ1) is 19.2. The quantitative estimate of drug-likeness (QED) is 0.736. The SMILES string of the molecule is O=C1CCc2cc(OCCNc3ncccc3C(=O)N3CCCCC3)ccc2N1. The number of fused-ring (bicyclic) bond motifs is 1. The normalized spacial score (nSPS) is 16.0. The van der Waals surface area contributed by atoms with Crippen LogP contribution in [-0.4, -0.2) is 47.9 Å². The van der Waals surface area contributed by atoms with Crippen LogP contribution >= 0.6 is 0 Å². The number of hydrogen-bond donors (Lipinski definition) is 2. The molecule has 1 aromatic carbocycles. The van der Waals surface area contributed by atoms with Gasteiger partial charge in [-0.2, -0.15) is 0 Å². The topological polar surface area (TPSA) is 83.6 Å². The lowest BCUT2D eigenvalue weighted by Crippen LogP contribution is -2.36. The summed E-state index contributed by atoms with van der Waals surface area (Å²) in [5, 5.41) is 6.10. The molecule has 2 aromatic rings. The highest BCUT2D eigenvalue weighted by Gasteiger charge is 2.21. The number of carbonyl (C=O) groups excluding carboxylic acids is 2. The largest absolute Gasteiger partial charge is 0.492 e. The van der Waals surface area contributed by atoms with Crippen molar-refractivity contribution in [3.63, 3.8) is 0 Å². The highest BCUT2D eigenvalue weighted by molar-refractivity contribution is 5.98. The Morgan fingerprint density at radius 1 is 1.17 bits per heavy atom. The summed E-state index contributed by atoms with van der Waals surface area (Å²) in [7, 11) is 0. The predicted octanol–water partition coefficient (Wildman–Crippen LogP) is 3.08. The second-order valence-electron chi connectivity index (χ2n) is 7.39. The van der Waals surface area contributed by atoms with Gasteiger partial charge in [-0.15, -0.1) is 0 Å². The number of carbonyl (C=O) groups is 2. The van der Waals surface area contributed by atoms with E-state index in [4.69, 9.17) is 4.74 Å². The fourth-order valence-electron chi connectivity index (χ4n) is 3.77. The van der Waals surface area contributed by atoms with Gasteiger partial charge in [-0.25, -0.2) is 4.98 Å². The van der Waals surface area contributed by atoms with Gasteiger partial charge in [0.25, 0.3) is 5.91 Å². The number of anilines is 2. The first-order valence-electron chi connectivity index (χ1n) is 10.2. The van der Waals surface area contributed by atoms with Gasteiger partial charge in [0.15, 0.2) is 0 Å². The average Bonchev–Trinajstić information content (AvgIpc) is 2.77. The van der Waals surface area contributed by atoms with Crippen molar-refractivity contribution in [1.82, 2.24) is 9.88 Å². The lowest BCUT2D eigenvalue weighted by Gasteiger charge is -2.27. The molecule has 0 unspecified atom stereocenters. The number of likely N-dealkylation sites (tertiary alicyclic amines) is 1. The molecule has 0 saturated carbocycles. The van der Waals surface area contributed by atoms with E-state index in [1.54, 1.807) is 12.3 Å². The third-order valence-electron chi connectivity index (χ3n) is 5.32. The monoisotopic (exact) mass is 394 g/mol. The van der Waals surface area contributed by atoms with E-state index < -0.39 is 0 Å². The number of benzene rings is 1. The van der Waals surface area contributed by atoms with Crippen molar-refractivity contribution in [3.8, 4) is 5.75 Å². The van der Waals surface area contributed by atoms with Gasteiger partial charge >= 0.3 is 0 Å². The molecule has 0 bridgehead atoms. The minimum absolute atomic E-state index is 0.0398. The molecule has 0 aliphatic carbocycles. The van der Waals surface area contributed by atoms with E-state index in [0.29, 0.717) is 31.0 Å². The molecule has 0 spiro atoms. The molecule has 4 rings (SSSR count). The molecule has 0 atom stereocenters. The number of aryl methyl sites for hydroxylation is 1. The fraction of sp³-hybridized carbons (Fsp3) is 0.409. The summed E-state index contributed by atoms with van der Waals surface area (Å²) in [5.74, 6) is 1.46. The lowest BCUT2D eigenvalue weighted by atomic mass is 10.0. The Hall–Kier alpha value is -3.09. The number of aromatic nitrogens is 1. The predicted molar refractivity (Wildman–Crippen MR) is 111 cm³/mol. The van der Waals surface area contributed by atoms with E-state index in [2.05, 4.69) is 15.6 Å². The number of nitrogens with zero attached hydrogens (tertiary/aromatic N) is 2. The van der Waals surface area contributed by atoms with E-state index >= 15 is 0 Å². The highest BCUT2D eigenvalue weighted by atomic mass is 16.5. The van der Waals surface area contributed by atoms with Crippen molar-refractivity contribution in [3.05, 3.63) is 47.7 Å². The minimum atomic E-state index is 0.0398. The Morgan fingerprint density at radius 2 is 2.03 bits per heavy atom. The molecule has 2 N–H and O–H groups in total. The van der Waals surface area contributed by atoms with Crippen molar-refractivity contribution in [1.29, 1.82) is 0 Å². The van der Waals surface area contributed by atoms with Crippen LogP contribution in [-0.2, 0) is 11.2 Å². The third-order valence-corrected chi connectivity index (χ3v) is 5.32. The summed E-state index contributed by atoms with van der Waals surface area (Å²) in [6.45, 7) is 2.61. The van der Waals surface area contributed by atoms with Crippen LogP contribution in [0.5, 0.6) is 5.75 Å². The molecule has 3 heterocycles. The van der Waals surface area contributed by atoms with Crippen molar-refractivity contribution >= 4 is 23.3 Å². The third kappa shape index (κ3) is 4.67. The van der Waals surface area contributed by atoms with Crippen molar-refractivity contribution in [2.75, 3.05) is 36.9 Å². The number of nitrogens with one attached hydrogen (secondary N) is 2. The standard InChI is InChI=1S/C22H26N4O3/c27-20-9-6-16-15-17(7-8-19(16)25-20)29-14-11-24-21-18(5-4-10-23-21)22(28)26-12-2-1-3-13-26/h4-5,7-8,10,15H,1-3,6,9,11-14H2,(H,23,24)(H,25,27). The smallest absolute Gasteiger partial charge is 0.257 e. The Bertz CT molecular complexity index is 893. The van der Waals surface area contributed by atoms with E-state index in [9.17, 15) is 9.59 Å². The summed E-state index contributed by atoms with van der Waals surface area (Å²) in [4.78, 5) is 30.5. The van der Waals surface area contributed by atoms with Crippen LogP contribution in [0.4, 0.5) is 11.5 Å². The van der Waals surface area contributed by atoms with Crippen molar-refractivity contribution in [2.24, 2.45) is 0 Å². The number of pyridine rings is 1. The maximum atomic E-state index is 12.8. The van der Waals surface area contributed by atoms with Gasteiger partial charge in [0.1, 0.15) is 18.2 Å². The fourth-order valence-corrected chi connectivity index (χ4v) is 3.77. The molecule has 152 valence electrons. The zero-order valence-corrected chi connectivity index (χ0v) is 16.4. The zero-order chi connectivity index (χ0) is 20.1. The average molecular weight is 394 g/mol. The Labute approximate surface area is 170 Å². The van der Waals surface area contributed by atoms with Crippen LogP contribution in [0.3, 0.4) is 0 Å². The van der Waals surface area contributed by atoms with E-state index in [-0.39, 0.29) is 11.8 Å². The van der Waals surface area contributed by atoms with Gasteiger partial charge in [-0.3, -0.25) is 9.59 Å². The number of hydrogen-bond acceptors (Lipinski definition) is 5. The molecule has 2 aliphatic rings. The summed E-state index contributed by atoms with van der Waals surface area (Å²) in [6, 6.07) is 9.33. The van der Waals surface area contributed by atoms with Crippen LogP contribution < -0.4 is 15.4 Å². The van der Waals surface area contributed by atoms with Crippen LogP contribution in [0, 0.1) is 0 Å². The molecule has 0 radical (unpaired) electrons. The second-order valence-corrected chi connectivity index (χ2v) is 7.39. The van der Waals surface area contributed by atoms with E-state index in [1.165, 1.54) is 6.42 Å². The maximum Gasteiger partial charge on any atom is 0.257 e. The molecule has 7 heteroatoms. The molecule has 1 saturated heterocycles. The summed E-state index contributed by atoms with van der Waals surface area (Å²) < 4.78 is 5.84. The Balaban J connectivity index is 1.32. The van der Waals surface area contributed by atoms with Crippen LogP contribution in [0.2, 0.25) is 0 Å². The first-order valence-corrected chi connectivity index (χ1v) is 10.2.